The van der Waals surface area contributed by atoms with E-state index in [1.54, 1.807) is 11.8 Å². The Morgan fingerprint density at radius 2 is 1.60 bits per heavy atom. The smallest absolute Gasteiger partial charge is 0.309 e. The summed E-state index contributed by atoms with van der Waals surface area (Å²) >= 11 is 7.54. The number of alkyl halides is 1. The summed E-state index contributed by atoms with van der Waals surface area (Å²) in [7, 11) is 0. The van der Waals surface area contributed by atoms with Crippen molar-refractivity contribution in [2.75, 3.05) is 17.7 Å². The first-order valence-corrected chi connectivity index (χ1v) is 9.58. The van der Waals surface area contributed by atoms with Gasteiger partial charge in [-0.05, 0) is 23.9 Å². The van der Waals surface area contributed by atoms with Crippen LogP contribution in [-0.4, -0.2) is 37.6 Å². The first-order chi connectivity index (χ1) is 14.2. The van der Waals surface area contributed by atoms with Gasteiger partial charge in [-0.3, -0.25) is 35.3 Å². The Morgan fingerprint density at radius 1 is 1.03 bits per heavy atom. The predicted octanol–water partition coefficient (Wildman–Crippen LogP) is 1.37. The molecule has 1 aliphatic heterocycles. The molecule has 2 aromatic carbocycles. The lowest BCUT2D eigenvalue weighted by Gasteiger charge is -2.06. The van der Waals surface area contributed by atoms with Crippen LogP contribution in [0.2, 0.25) is 0 Å². The van der Waals surface area contributed by atoms with E-state index < -0.39 is 37.6 Å². The van der Waals surface area contributed by atoms with Crippen molar-refractivity contribution in [1.82, 2.24) is 0 Å². The molecule has 158 valence electrons. The number of non-ortho nitro benzene ring substituents is 1. The number of hydrogen-bond donors (Lipinski definition) is 2. The van der Waals surface area contributed by atoms with Crippen LogP contribution in [0.1, 0.15) is 0 Å². The molecule has 0 saturated heterocycles. The molecule has 0 bridgehead atoms. The highest BCUT2D eigenvalue weighted by molar-refractivity contribution is 8.14. The number of rotatable bonds is 5. The number of hydrogen-bond acceptors (Lipinski definition) is 9. The third kappa shape index (κ3) is 6.02. The summed E-state index contributed by atoms with van der Waals surface area (Å²) < 4.78 is 0. The number of benzene rings is 2. The highest BCUT2D eigenvalue weighted by atomic mass is 35.5. The fourth-order valence-electron chi connectivity index (χ4n) is 2.23. The van der Waals surface area contributed by atoms with Gasteiger partial charge in [0.1, 0.15) is 5.69 Å². The standard InChI is InChI=1S/C10H11ClN2S.C6H3N3O7/c11-6-9-7-12-10(14-9)13-8-4-2-1-3-5-8;10-6-4(8(13)14)1-3(7(11)12)2-5(6)9(15)16/h1-5,9H,6-7H2,(H,12,13);1-2,10H. The van der Waals surface area contributed by atoms with E-state index in [1.807, 2.05) is 30.3 Å². The fourth-order valence-corrected chi connectivity index (χ4v) is 3.43. The molecule has 0 fully saturated rings. The van der Waals surface area contributed by atoms with Crippen LogP contribution >= 0.6 is 23.4 Å². The number of halogens is 1. The van der Waals surface area contributed by atoms with Gasteiger partial charge in [0.25, 0.3) is 17.1 Å². The van der Waals surface area contributed by atoms with Gasteiger partial charge in [-0.2, -0.15) is 0 Å². The molecule has 1 atom stereocenters. The molecule has 0 aliphatic carbocycles. The lowest BCUT2D eigenvalue weighted by atomic mass is 10.2. The summed E-state index contributed by atoms with van der Waals surface area (Å²) in [5.74, 6) is -0.766. The van der Waals surface area contributed by atoms with Gasteiger partial charge in [0, 0.05) is 5.88 Å². The van der Waals surface area contributed by atoms with Crippen LogP contribution in [0.25, 0.3) is 0 Å². The molecule has 2 N–H and O–H groups in total. The Balaban J connectivity index is 0.000000215. The minimum atomic E-state index is -1.46. The highest BCUT2D eigenvalue weighted by Crippen LogP contribution is 2.36. The van der Waals surface area contributed by atoms with Crippen molar-refractivity contribution in [3.63, 3.8) is 0 Å². The Labute approximate surface area is 178 Å². The molecule has 0 amide bonds. The molecule has 0 spiro atoms. The molecule has 1 heterocycles. The maximum atomic E-state index is 11.1. The average Bonchev–Trinajstić information content (AvgIpc) is 3.16. The Hall–Kier alpha value is -3.45. The number of nitrogens with one attached hydrogen (secondary N) is 2. The molecular weight excluding hydrogens is 442 g/mol. The SMILES string of the molecule is ClCC1C[NH+]=C(Nc2ccccc2)S1.O=[N+]([O-])c1cc([N+](=O)[O-])c([O-])c([N+](=O)[O-])c1. The summed E-state index contributed by atoms with van der Waals surface area (Å²) in [6.45, 7) is 0.948. The molecule has 2 aromatic rings. The summed E-state index contributed by atoms with van der Waals surface area (Å²) in [5, 5.41) is 47.0. The molecule has 14 heteroatoms. The van der Waals surface area contributed by atoms with Gasteiger partial charge in [-0.15, -0.1) is 11.6 Å². The number of nitro benzene ring substituents is 3. The van der Waals surface area contributed by atoms with E-state index in [2.05, 4.69) is 10.3 Å². The summed E-state index contributed by atoms with van der Waals surface area (Å²) in [4.78, 5) is 30.8. The van der Waals surface area contributed by atoms with Gasteiger partial charge >= 0.3 is 5.17 Å². The van der Waals surface area contributed by atoms with E-state index in [4.69, 9.17) is 11.6 Å². The summed E-state index contributed by atoms with van der Waals surface area (Å²) in [6, 6.07) is 10.9. The Kier molecular flexibility index (Phi) is 7.89. The van der Waals surface area contributed by atoms with Crippen LogP contribution < -0.4 is 15.4 Å². The zero-order valence-corrected chi connectivity index (χ0v) is 16.6. The summed E-state index contributed by atoms with van der Waals surface area (Å²) in [6.07, 6.45) is 0. The number of nitrogens with zero attached hydrogens (tertiary/aromatic N) is 3. The average molecular weight is 456 g/mol. The summed E-state index contributed by atoms with van der Waals surface area (Å²) in [5.41, 5.74) is -2.16. The molecular formula is C16H14ClN5O7S. The second kappa shape index (κ2) is 10.4. The second-order valence-electron chi connectivity index (χ2n) is 5.68. The Bertz CT molecular complexity index is 954. The van der Waals surface area contributed by atoms with Gasteiger partial charge in [-0.1, -0.05) is 18.2 Å². The van der Waals surface area contributed by atoms with E-state index in [1.165, 1.54) is 0 Å². The maximum absolute atomic E-state index is 11.1. The van der Waals surface area contributed by atoms with Crippen molar-refractivity contribution in [3.05, 3.63) is 72.8 Å². The van der Waals surface area contributed by atoms with Crippen molar-refractivity contribution >= 4 is 51.3 Å². The number of anilines is 1. The van der Waals surface area contributed by atoms with E-state index in [0.29, 0.717) is 23.3 Å². The van der Waals surface area contributed by atoms with Crippen LogP contribution in [-0.2, 0) is 0 Å². The maximum Gasteiger partial charge on any atom is 0.309 e. The van der Waals surface area contributed by atoms with Gasteiger partial charge in [0.15, 0.2) is 0 Å². The minimum absolute atomic E-state index is 0.384. The number of nitro groups is 3. The fraction of sp³-hybridized carbons (Fsp3) is 0.188. The molecule has 1 unspecified atom stereocenters. The van der Waals surface area contributed by atoms with Gasteiger partial charge in [0.2, 0.25) is 0 Å². The molecule has 0 aromatic heterocycles. The first-order valence-electron chi connectivity index (χ1n) is 8.16. The largest absolute Gasteiger partial charge is 0.863 e. The van der Waals surface area contributed by atoms with Crippen LogP contribution in [0.4, 0.5) is 22.7 Å². The van der Waals surface area contributed by atoms with E-state index in [-0.39, 0.29) is 0 Å². The van der Waals surface area contributed by atoms with Gasteiger partial charge in [0.05, 0.1) is 44.4 Å². The third-order valence-electron chi connectivity index (χ3n) is 3.62. The topological polar surface area (TPSA) is 178 Å². The molecule has 0 saturated carbocycles. The zero-order chi connectivity index (χ0) is 22.3. The lowest BCUT2D eigenvalue weighted by Crippen LogP contribution is -2.72. The van der Waals surface area contributed by atoms with Crippen LogP contribution in [0.5, 0.6) is 5.75 Å². The predicted molar refractivity (Wildman–Crippen MR) is 109 cm³/mol. The molecule has 0 radical (unpaired) electrons. The Morgan fingerprint density at radius 3 is 2.03 bits per heavy atom. The molecule has 3 rings (SSSR count). The van der Waals surface area contributed by atoms with Crippen molar-refractivity contribution < 1.29 is 24.9 Å². The van der Waals surface area contributed by atoms with E-state index >= 15 is 0 Å². The molecule has 30 heavy (non-hydrogen) atoms. The zero-order valence-electron chi connectivity index (χ0n) is 15.0. The second-order valence-corrected chi connectivity index (χ2v) is 7.30. The number of amidine groups is 1. The monoisotopic (exact) mass is 455 g/mol. The minimum Gasteiger partial charge on any atom is -0.863 e. The normalized spacial score (nSPS) is 14.8. The van der Waals surface area contributed by atoms with Crippen molar-refractivity contribution in [2.45, 2.75) is 5.25 Å². The van der Waals surface area contributed by atoms with Crippen LogP contribution in [0.3, 0.4) is 0 Å². The first kappa shape index (κ1) is 22.8. The lowest BCUT2D eigenvalue weighted by molar-refractivity contribution is -0.448. The highest BCUT2D eigenvalue weighted by Gasteiger charge is 2.25. The van der Waals surface area contributed by atoms with Crippen LogP contribution in [0, 0.1) is 30.3 Å². The van der Waals surface area contributed by atoms with Crippen molar-refractivity contribution in [1.29, 1.82) is 0 Å². The molecule has 12 nitrogen and oxygen atoms in total. The molecule has 1 aliphatic rings. The van der Waals surface area contributed by atoms with Gasteiger partial charge < -0.3 is 5.11 Å². The number of thioether (sulfide) groups is 1. The third-order valence-corrected chi connectivity index (χ3v) is 5.32. The quantitative estimate of drug-likeness (QED) is 0.382. The van der Waals surface area contributed by atoms with E-state index in [0.717, 1.165) is 17.4 Å². The number of para-hydroxylation sites is 1. The van der Waals surface area contributed by atoms with E-state index in [9.17, 15) is 35.4 Å². The van der Waals surface area contributed by atoms with Crippen molar-refractivity contribution in [3.8, 4) is 5.75 Å². The van der Waals surface area contributed by atoms with Crippen LogP contribution in [0.15, 0.2) is 42.5 Å². The van der Waals surface area contributed by atoms with Crippen molar-refractivity contribution in [2.24, 2.45) is 0 Å². The van der Waals surface area contributed by atoms with Gasteiger partial charge in [-0.25, -0.2) is 5.32 Å².